The topological polar surface area (TPSA) is 81.3 Å². The summed E-state index contributed by atoms with van der Waals surface area (Å²) in [5.41, 5.74) is 0.863. The number of nitrogens with zero attached hydrogens (tertiary/aromatic N) is 2. The van der Waals surface area contributed by atoms with E-state index in [2.05, 4.69) is 20.5 Å². The molecule has 0 saturated carbocycles. The molecule has 2 aliphatic heterocycles. The van der Waals surface area contributed by atoms with Crippen LogP contribution in [0.5, 0.6) is 11.5 Å². The van der Waals surface area contributed by atoms with Gasteiger partial charge in [-0.3, -0.25) is 5.10 Å². The number of fused-ring (bicyclic) bond motifs is 1. The number of hydrogen-bond donors (Lipinski definition) is 2. The normalized spacial score (nSPS) is 20.3. The van der Waals surface area contributed by atoms with E-state index in [4.69, 9.17) is 14.2 Å². The van der Waals surface area contributed by atoms with Gasteiger partial charge in [0.15, 0.2) is 11.5 Å². The molecule has 1 atom stereocenters. The SMILES string of the molecule is c1cc2c(cc1Nc1n[nH]c(C3CCOC3)n1)OCO2. The van der Waals surface area contributed by atoms with E-state index in [1.807, 2.05) is 18.2 Å². The average Bonchev–Trinajstić information content (AvgIpc) is 3.19. The van der Waals surface area contributed by atoms with Gasteiger partial charge in [-0.2, -0.15) is 4.98 Å². The van der Waals surface area contributed by atoms with Crippen molar-refractivity contribution >= 4 is 11.6 Å². The molecular formula is C13H14N4O3. The van der Waals surface area contributed by atoms with Crippen LogP contribution in [0.15, 0.2) is 18.2 Å². The van der Waals surface area contributed by atoms with Crippen LogP contribution in [0, 0.1) is 0 Å². The number of nitrogens with one attached hydrogen (secondary N) is 2. The molecule has 104 valence electrons. The second-order valence-corrected chi connectivity index (χ2v) is 4.80. The molecule has 2 N–H and O–H groups in total. The highest BCUT2D eigenvalue weighted by Crippen LogP contribution is 2.34. The Kier molecular flexibility index (Phi) is 2.70. The Hall–Kier alpha value is -2.28. The van der Waals surface area contributed by atoms with Crippen molar-refractivity contribution in [3.63, 3.8) is 0 Å². The molecule has 7 nitrogen and oxygen atoms in total. The number of benzene rings is 1. The Morgan fingerprint density at radius 1 is 1.25 bits per heavy atom. The largest absolute Gasteiger partial charge is 0.454 e. The zero-order chi connectivity index (χ0) is 13.4. The van der Waals surface area contributed by atoms with Crippen LogP contribution in [-0.2, 0) is 4.74 Å². The van der Waals surface area contributed by atoms with Crippen LogP contribution < -0.4 is 14.8 Å². The Bertz CT molecular complexity index is 622. The van der Waals surface area contributed by atoms with E-state index in [1.165, 1.54) is 0 Å². The van der Waals surface area contributed by atoms with Crippen LogP contribution in [-0.4, -0.2) is 35.2 Å². The van der Waals surface area contributed by atoms with E-state index in [0.29, 0.717) is 18.5 Å². The summed E-state index contributed by atoms with van der Waals surface area (Å²) < 4.78 is 16.0. The van der Waals surface area contributed by atoms with Gasteiger partial charge in [0, 0.05) is 24.3 Å². The van der Waals surface area contributed by atoms with Gasteiger partial charge in [0.1, 0.15) is 5.82 Å². The lowest BCUT2D eigenvalue weighted by Crippen LogP contribution is -2.00. The van der Waals surface area contributed by atoms with Gasteiger partial charge < -0.3 is 19.5 Å². The first-order valence-electron chi connectivity index (χ1n) is 6.55. The third-order valence-electron chi connectivity index (χ3n) is 3.45. The zero-order valence-corrected chi connectivity index (χ0v) is 10.8. The smallest absolute Gasteiger partial charge is 0.246 e. The molecule has 0 bridgehead atoms. The predicted octanol–water partition coefficient (Wildman–Crippen LogP) is 1.78. The van der Waals surface area contributed by atoms with E-state index in [1.54, 1.807) is 0 Å². The minimum atomic E-state index is 0.269. The van der Waals surface area contributed by atoms with Crippen molar-refractivity contribution in [1.82, 2.24) is 15.2 Å². The summed E-state index contributed by atoms with van der Waals surface area (Å²) in [7, 11) is 0. The van der Waals surface area contributed by atoms with Crippen molar-refractivity contribution < 1.29 is 14.2 Å². The van der Waals surface area contributed by atoms with Crippen molar-refractivity contribution in [3.8, 4) is 11.5 Å². The number of H-pyrrole nitrogens is 1. The fraction of sp³-hybridized carbons (Fsp3) is 0.385. The van der Waals surface area contributed by atoms with Gasteiger partial charge in [-0.15, -0.1) is 5.10 Å². The molecule has 20 heavy (non-hydrogen) atoms. The predicted molar refractivity (Wildman–Crippen MR) is 70.4 cm³/mol. The maximum absolute atomic E-state index is 5.35. The molecule has 1 aromatic carbocycles. The third kappa shape index (κ3) is 2.05. The number of rotatable bonds is 3. The van der Waals surface area contributed by atoms with Gasteiger partial charge in [-0.05, 0) is 18.6 Å². The Balaban J connectivity index is 1.51. The van der Waals surface area contributed by atoms with Gasteiger partial charge in [-0.25, -0.2) is 0 Å². The first kappa shape index (κ1) is 11.5. The fourth-order valence-corrected chi connectivity index (χ4v) is 2.37. The standard InChI is InChI=1S/C13H14N4O3/c1-2-10-11(20-7-19-10)5-9(1)14-13-15-12(16-17-13)8-3-4-18-6-8/h1-2,5,8H,3-4,6-7H2,(H2,14,15,16,17). The van der Waals surface area contributed by atoms with Crippen LogP contribution in [0.25, 0.3) is 0 Å². The maximum Gasteiger partial charge on any atom is 0.246 e. The van der Waals surface area contributed by atoms with E-state index < -0.39 is 0 Å². The molecule has 2 aliphatic rings. The number of aromatic amines is 1. The van der Waals surface area contributed by atoms with Crippen LogP contribution in [0.3, 0.4) is 0 Å². The first-order valence-corrected chi connectivity index (χ1v) is 6.55. The Morgan fingerprint density at radius 3 is 3.10 bits per heavy atom. The number of anilines is 2. The molecular weight excluding hydrogens is 260 g/mol. The number of aromatic nitrogens is 3. The monoisotopic (exact) mass is 274 g/mol. The molecule has 0 amide bonds. The summed E-state index contributed by atoms with van der Waals surface area (Å²) in [6.07, 6.45) is 0.985. The van der Waals surface area contributed by atoms with E-state index in [9.17, 15) is 0 Å². The lowest BCUT2D eigenvalue weighted by molar-refractivity contribution is 0.174. The van der Waals surface area contributed by atoms with E-state index in [0.717, 1.165) is 36.0 Å². The van der Waals surface area contributed by atoms with Crippen LogP contribution in [0.4, 0.5) is 11.6 Å². The van der Waals surface area contributed by atoms with Crippen molar-refractivity contribution in [1.29, 1.82) is 0 Å². The molecule has 0 radical (unpaired) electrons. The lowest BCUT2D eigenvalue weighted by atomic mass is 10.1. The lowest BCUT2D eigenvalue weighted by Gasteiger charge is -2.03. The minimum absolute atomic E-state index is 0.269. The third-order valence-corrected chi connectivity index (χ3v) is 3.45. The molecule has 3 heterocycles. The highest BCUT2D eigenvalue weighted by molar-refractivity contribution is 5.60. The summed E-state index contributed by atoms with van der Waals surface area (Å²) in [5, 5.41) is 10.3. The van der Waals surface area contributed by atoms with Gasteiger partial charge >= 0.3 is 0 Å². The Labute approximate surface area is 115 Å². The van der Waals surface area contributed by atoms with Gasteiger partial charge in [0.05, 0.1) is 6.61 Å². The van der Waals surface area contributed by atoms with Crippen molar-refractivity contribution in [2.45, 2.75) is 12.3 Å². The summed E-state index contributed by atoms with van der Waals surface area (Å²) in [6.45, 7) is 1.76. The minimum Gasteiger partial charge on any atom is -0.454 e. The molecule has 7 heteroatoms. The highest BCUT2D eigenvalue weighted by atomic mass is 16.7. The summed E-state index contributed by atoms with van der Waals surface area (Å²) in [6, 6.07) is 5.64. The van der Waals surface area contributed by atoms with Gasteiger partial charge in [-0.1, -0.05) is 0 Å². The van der Waals surface area contributed by atoms with Crippen LogP contribution >= 0.6 is 0 Å². The molecule has 0 spiro atoms. The van der Waals surface area contributed by atoms with Crippen molar-refractivity contribution in [3.05, 3.63) is 24.0 Å². The van der Waals surface area contributed by atoms with E-state index in [-0.39, 0.29) is 6.79 Å². The van der Waals surface area contributed by atoms with Gasteiger partial charge in [0.2, 0.25) is 12.7 Å². The summed E-state index contributed by atoms with van der Waals surface area (Å²) >= 11 is 0. The van der Waals surface area contributed by atoms with E-state index >= 15 is 0 Å². The molecule has 1 aromatic heterocycles. The molecule has 1 fully saturated rings. The second-order valence-electron chi connectivity index (χ2n) is 4.80. The maximum atomic E-state index is 5.35. The average molecular weight is 274 g/mol. The highest BCUT2D eigenvalue weighted by Gasteiger charge is 2.21. The molecule has 0 aliphatic carbocycles. The molecule has 2 aromatic rings. The molecule has 4 rings (SSSR count). The quantitative estimate of drug-likeness (QED) is 0.888. The first-order chi connectivity index (χ1) is 9.88. The Morgan fingerprint density at radius 2 is 2.20 bits per heavy atom. The number of ether oxygens (including phenoxy) is 3. The summed E-state index contributed by atoms with van der Waals surface area (Å²) in [4.78, 5) is 4.45. The van der Waals surface area contributed by atoms with Crippen molar-refractivity contribution in [2.75, 3.05) is 25.3 Å². The summed E-state index contributed by atoms with van der Waals surface area (Å²) in [5.74, 6) is 3.22. The molecule has 1 unspecified atom stereocenters. The fourth-order valence-electron chi connectivity index (χ4n) is 2.37. The van der Waals surface area contributed by atoms with Crippen LogP contribution in [0.1, 0.15) is 18.2 Å². The van der Waals surface area contributed by atoms with Crippen LogP contribution in [0.2, 0.25) is 0 Å². The second kappa shape index (κ2) is 4.68. The van der Waals surface area contributed by atoms with Crippen molar-refractivity contribution in [2.24, 2.45) is 0 Å². The zero-order valence-electron chi connectivity index (χ0n) is 10.8. The number of hydrogen-bond acceptors (Lipinski definition) is 6. The van der Waals surface area contributed by atoms with Gasteiger partial charge in [0.25, 0.3) is 0 Å². The molecule has 1 saturated heterocycles.